The normalized spacial score (nSPS) is 14.6. The Labute approximate surface area is 433 Å². The van der Waals surface area contributed by atoms with Gasteiger partial charge in [0.25, 0.3) is 0 Å². The van der Waals surface area contributed by atoms with E-state index in [0.29, 0.717) is 17.5 Å². The lowest BCUT2D eigenvalue weighted by molar-refractivity contribution is 0.851. The minimum Gasteiger partial charge on any atom is -0.309 e. The van der Waals surface area contributed by atoms with Crippen LogP contribution in [-0.2, 0) is 0 Å². The Kier molecular flexibility index (Phi) is 10.0. The van der Waals surface area contributed by atoms with E-state index in [1.165, 1.54) is 48.9 Å². The van der Waals surface area contributed by atoms with Crippen LogP contribution in [0, 0.1) is 0 Å². The third kappa shape index (κ3) is 6.90. The second-order valence-electron chi connectivity index (χ2n) is 19.7. The van der Waals surface area contributed by atoms with Gasteiger partial charge in [0.15, 0.2) is 17.5 Å². The fourth-order valence-electron chi connectivity index (χ4n) is 12.2. The predicted molar refractivity (Wildman–Crippen MR) is 311 cm³/mol. The molecule has 0 bridgehead atoms. The van der Waals surface area contributed by atoms with Gasteiger partial charge in [-0.05, 0) is 96.6 Å². The van der Waals surface area contributed by atoms with Crippen molar-refractivity contribution in [1.82, 2.24) is 28.7 Å². The average molecular weight is 961 g/mol. The summed E-state index contributed by atoms with van der Waals surface area (Å²) in [6.07, 6.45) is 18.6. The van der Waals surface area contributed by atoms with Gasteiger partial charge in [-0.25, -0.2) is 15.0 Å². The van der Waals surface area contributed by atoms with Crippen molar-refractivity contribution < 1.29 is 0 Å². The Bertz CT molecular complexity index is 4470. The number of benzene rings is 9. The average Bonchev–Trinajstić information content (AvgIpc) is 4.14. The quantitative estimate of drug-likeness (QED) is 0.152. The standard InChI is InChI=1S/C69H48N6/c1-4-22-45(23-5-1)49-33-20-40-63(74-59-37-17-12-30-53(59)54-31-13-18-38-60(54)74)65(49)68-70-67(47-26-8-3-9-27-47)71-69(72-68)66-50(46-24-6-2-7-25-46)34-21-41-64(66)75-61-39-19-14-32-55(61)56-44-48(42-43-62(56)75)73-57-35-15-10-28-51(57)52-29-11-16-36-58(52)73/h1,3-6,8-22,24-45H,2,7,23H2. The zero-order chi connectivity index (χ0) is 49.4. The number of aromatic nitrogens is 6. The number of para-hydroxylation sites is 5. The van der Waals surface area contributed by atoms with Crippen molar-refractivity contribution in [1.29, 1.82) is 0 Å². The van der Waals surface area contributed by atoms with Gasteiger partial charge in [-0.3, -0.25) is 0 Å². The van der Waals surface area contributed by atoms with E-state index in [-0.39, 0.29) is 5.92 Å². The highest BCUT2D eigenvalue weighted by molar-refractivity contribution is 6.13. The molecule has 0 aliphatic heterocycles. The van der Waals surface area contributed by atoms with Crippen LogP contribution < -0.4 is 0 Å². The number of nitrogens with zero attached hydrogens (tertiary/aromatic N) is 6. The Hall–Kier alpha value is -9.65. The van der Waals surface area contributed by atoms with E-state index in [4.69, 9.17) is 15.0 Å². The lowest BCUT2D eigenvalue weighted by Crippen LogP contribution is -2.10. The first-order chi connectivity index (χ1) is 37.2. The van der Waals surface area contributed by atoms with E-state index in [1.807, 2.05) is 0 Å². The van der Waals surface area contributed by atoms with Gasteiger partial charge in [-0.1, -0.05) is 188 Å². The van der Waals surface area contributed by atoms with Crippen molar-refractivity contribution in [2.45, 2.75) is 25.2 Å². The number of hydrogen-bond acceptors (Lipinski definition) is 3. The zero-order valence-electron chi connectivity index (χ0n) is 41.1. The van der Waals surface area contributed by atoms with Crippen LogP contribution in [0.25, 0.3) is 122 Å². The molecule has 75 heavy (non-hydrogen) atoms. The lowest BCUT2D eigenvalue weighted by atomic mass is 9.87. The molecule has 4 heterocycles. The van der Waals surface area contributed by atoms with E-state index in [9.17, 15) is 0 Å². The van der Waals surface area contributed by atoms with Crippen molar-refractivity contribution in [2.75, 3.05) is 0 Å². The van der Waals surface area contributed by atoms with Crippen molar-refractivity contribution >= 4 is 71.0 Å². The van der Waals surface area contributed by atoms with Gasteiger partial charge >= 0.3 is 0 Å². The second kappa shape index (κ2) is 17.5. The number of allylic oxidation sites excluding steroid dienone is 8. The first-order valence-corrected chi connectivity index (χ1v) is 26.0. The van der Waals surface area contributed by atoms with Gasteiger partial charge in [-0.15, -0.1) is 0 Å². The fourth-order valence-corrected chi connectivity index (χ4v) is 12.2. The zero-order valence-corrected chi connectivity index (χ0v) is 41.1. The van der Waals surface area contributed by atoms with Crippen LogP contribution in [0.3, 0.4) is 0 Å². The predicted octanol–water partition coefficient (Wildman–Crippen LogP) is 17.5. The maximum Gasteiger partial charge on any atom is 0.166 e. The summed E-state index contributed by atoms with van der Waals surface area (Å²) in [5.74, 6) is 1.95. The SMILES string of the molecule is C1=CCC(c2cccc(-n3c4ccccc4c4ccccc43)c2-c2nc(-c3ccccc3)nc(-c3c(C4=CCCC=C4)cccc3-n3c4ccccc4c4cc(-n5c6ccccc6c6ccccc65)ccc43)n2)C=C1. The highest BCUT2D eigenvalue weighted by Crippen LogP contribution is 2.45. The summed E-state index contributed by atoms with van der Waals surface area (Å²) in [6, 6.07) is 74.5. The molecule has 6 heteroatoms. The van der Waals surface area contributed by atoms with Crippen molar-refractivity contribution in [3.63, 3.8) is 0 Å². The lowest BCUT2D eigenvalue weighted by Gasteiger charge is -2.23. The molecule has 1 unspecified atom stereocenters. The van der Waals surface area contributed by atoms with Gasteiger partial charge in [0, 0.05) is 55.0 Å². The molecule has 354 valence electrons. The molecule has 0 saturated heterocycles. The third-order valence-corrected chi connectivity index (χ3v) is 15.5. The van der Waals surface area contributed by atoms with Gasteiger partial charge in [0.05, 0.1) is 50.0 Å². The van der Waals surface area contributed by atoms with Gasteiger partial charge in [0.1, 0.15) is 0 Å². The van der Waals surface area contributed by atoms with Crippen LogP contribution in [0.15, 0.2) is 249 Å². The largest absolute Gasteiger partial charge is 0.309 e. The summed E-state index contributed by atoms with van der Waals surface area (Å²) in [7, 11) is 0. The molecular formula is C69H48N6. The van der Waals surface area contributed by atoms with Crippen LogP contribution in [0.4, 0.5) is 0 Å². The molecule has 0 fully saturated rings. The summed E-state index contributed by atoms with van der Waals surface area (Å²) < 4.78 is 7.27. The minimum absolute atomic E-state index is 0.101. The van der Waals surface area contributed by atoms with Crippen LogP contribution in [0.2, 0.25) is 0 Å². The van der Waals surface area contributed by atoms with Crippen LogP contribution in [0.1, 0.15) is 36.3 Å². The maximum absolute atomic E-state index is 5.83. The van der Waals surface area contributed by atoms with Crippen molar-refractivity contribution in [2.24, 2.45) is 0 Å². The minimum atomic E-state index is 0.101. The van der Waals surface area contributed by atoms with Crippen LogP contribution >= 0.6 is 0 Å². The summed E-state index contributed by atoms with van der Waals surface area (Å²) in [5.41, 5.74) is 16.2. The smallest absolute Gasteiger partial charge is 0.166 e. The molecule has 2 aliphatic carbocycles. The van der Waals surface area contributed by atoms with E-state index < -0.39 is 0 Å². The molecule has 0 saturated carbocycles. The Balaban J connectivity index is 1.03. The molecule has 4 aromatic heterocycles. The maximum atomic E-state index is 5.83. The highest BCUT2D eigenvalue weighted by Gasteiger charge is 2.28. The molecule has 6 nitrogen and oxygen atoms in total. The first-order valence-electron chi connectivity index (χ1n) is 26.0. The van der Waals surface area contributed by atoms with Gasteiger partial charge in [0.2, 0.25) is 0 Å². The molecular weight excluding hydrogens is 913 g/mol. The molecule has 9 aromatic carbocycles. The Morgan fingerprint density at radius 3 is 1.49 bits per heavy atom. The molecule has 0 spiro atoms. The fraction of sp³-hybridized carbons (Fsp3) is 0.0580. The van der Waals surface area contributed by atoms with E-state index >= 15 is 0 Å². The summed E-state index contributed by atoms with van der Waals surface area (Å²) in [6.45, 7) is 0. The number of rotatable bonds is 8. The number of fused-ring (bicyclic) bond motifs is 9. The summed E-state index contributed by atoms with van der Waals surface area (Å²) in [5, 5.41) is 7.22. The summed E-state index contributed by atoms with van der Waals surface area (Å²) >= 11 is 0. The summed E-state index contributed by atoms with van der Waals surface area (Å²) in [4.78, 5) is 17.0. The molecule has 15 rings (SSSR count). The van der Waals surface area contributed by atoms with Gasteiger partial charge in [-0.2, -0.15) is 0 Å². The van der Waals surface area contributed by atoms with Crippen LogP contribution in [-0.4, -0.2) is 28.7 Å². The van der Waals surface area contributed by atoms with E-state index in [1.54, 1.807) is 0 Å². The van der Waals surface area contributed by atoms with Crippen molar-refractivity contribution in [3.05, 3.63) is 260 Å². The molecule has 1 atom stereocenters. The number of hydrogen-bond donors (Lipinski definition) is 0. The Morgan fingerprint density at radius 1 is 0.387 bits per heavy atom. The van der Waals surface area contributed by atoms with Gasteiger partial charge < -0.3 is 13.7 Å². The molecule has 0 radical (unpaired) electrons. The molecule has 0 N–H and O–H groups in total. The third-order valence-electron chi connectivity index (χ3n) is 15.5. The topological polar surface area (TPSA) is 53.5 Å². The second-order valence-corrected chi connectivity index (χ2v) is 19.7. The first kappa shape index (κ1) is 43.0. The van der Waals surface area contributed by atoms with E-state index in [0.717, 1.165) is 86.2 Å². The molecule has 2 aliphatic rings. The Morgan fingerprint density at radius 2 is 0.907 bits per heavy atom. The molecule has 13 aromatic rings. The monoisotopic (exact) mass is 960 g/mol. The highest BCUT2D eigenvalue weighted by atomic mass is 15.1. The van der Waals surface area contributed by atoms with E-state index in [2.05, 4.69) is 262 Å². The van der Waals surface area contributed by atoms with Crippen molar-refractivity contribution in [3.8, 4) is 51.2 Å². The van der Waals surface area contributed by atoms with Crippen LogP contribution in [0.5, 0.6) is 0 Å². The molecule has 0 amide bonds.